The molecule has 1 aromatic carbocycles. The van der Waals surface area contributed by atoms with Gasteiger partial charge in [0.1, 0.15) is 0 Å². The molecule has 5 heteroatoms. The van der Waals surface area contributed by atoms with E-state index in [9.17, 15) is 4.79 Å². The van der Waals surface area contributed by atoms with Crippen LogP contribution in [-0.4, -0.2) is 35.8 Å². The summed E-state index contributed by atoms with van der Waals surface area (Å²) in [6.45, 7) is 5.66. The Morgan fingerprint density at radius 3 is 2.78 bits per heavy atom. The van der Waals surface area contributed by atoms with E-state index in [4.69, 9.17) is 11.6 Å². The van der Waals surface area contributed by atoms with Gasteiger partial charge in [0, 0.05) is 34.8 Å². The lowest BCUT2D eigenvalue weighted by Crippen LogP contribution is -2.55. The quantitative estimate of drug-likeness (QED) is 0.861. The molecule has 0 spiro atoms. The number of halogens is 1. The standard InChI is InChI=1S/C13H15ClN2OS/c1-2-7-15-13(17)16-8-12(9-16)18-11-5-3-10(14)4-6-11/h2-6,12H,1,7-9H2,(H,15,17). The Hall–Kier alpha value is -1.13. The monoisotopic (exact) mass is 282 g/mol. The second-order valence-corrected chi connectivity index (χ2v) is 5.88. The number of nitrogens with zero attached hydrogens (tertiary/aromatic N) is 1. The van der Waals surface area contributed by atoms with Gasteiger partial charge in [-0.2, -0.15) is 0 Å². The number of carbonyl (C=O) groups excluding carboxylic acids is 1. The number of benzene rings is 1. The second kappa shape index (κ2) is 6.16. The van der Waals surface area contributed by atoms with E-state index in [0.717, 1.165) is 18.1 Å². The van der Waals surface area contributed by atoms with Gasteiger partial charge in [-0.3, -0.25) is 0 Å². The molecule has 0 radical (unpaired) electrons. The van der Waals surface area contributed by atoms with Crippen molar-refractivity contribution in [3.63, 3.8) is 0 Å². The number of urea groups is 1. The molecule has 18 heavy (non-hydrogen) atoms. The van der Waals surface area contributed by atoms with E-state index in [2.05, 4.69) is 11.9 Å². The summed E-state index contributed by atoms with van der Waals surface area (Å²) < 4.78 is 0. The summed E-state index contributed by atoms with van der Waals surface area (Å²) in [6, 6.07) is 7.78. The number of thioether (sulfide) groups is 1. The molecule has 0 aromatic heterocycles. The zero-order chi connectivity index (χ0) is 13.0. The lowest BCUT2D eigenvalue weighted by Gasteiger charge is -2.38. The van der Waals surface area contributed by atoms with Crippen LogP contribution in [0.15, 0.2) is 41.8 Å². The van der Waals surface area contributed by atoms with Crippen LogP contribution in [0.25, 0.3) is 0 Å². The molecule has 1 aromatic rings. The van der Waals surface area contributed by atoms with Gasteiger partial charge in [-0.15, -0.1) is 18.3 Å². The fourth-order valence-corrected chi connectivity index (χ4v) is 2.97. The number of nitrogens with one attached hydrogen (secondary N) is 1. The normalized spacial score (nSPS) is 15.1. The molecule has 0 saturated carbocycles. The second-order valence-electron chi connectivity index (χ2n) is 4.07. The SMILES string of the molecule is C=CCNC(=O)N1CC(Sc2ccc(Cl)cc2)C1. The summed E-state index contributed by atoms with van der Waals surface area (Å²) in [6.07, 6.45) is 1.68. The Morgan fingerprint density at radius 1 is 1.50 bits per heavy atom. The number of amides is 2. The maximum absolute atomic E-state index is 11.6. The van der Waals surface area contributed by atoms with Gasteiger partial charge in [0.2, 0.25) is 0 Å². The predicted molar refractivity (Wildman–Crippen MR) is 76.3 cm³/mol. The minimum Gasteiger partial charge on any atom is -0.335 e. The molecule has 1 N–H and O–H groups in total. The van der Waals surface area contributed by atoms with Crippen molar-refractivity contribution < 1.29 is 4.79 Å². The van der Waals surface area contributed by atoms with Crippen LogP contribution in [0.4, 0.5) is 4.79 Å². The molecule has 96 valence electrons. The Labute approximate surface area is 116 Å². The average molecular weight is 283 g/mol. The van der Waals surface area contributed by atoms with Crippen LogP contribution in [0.5, 0.6) is 0 Å². The van der Waals surface area contributed by atoms with Crippen LogP contribution >= 0.6 is 23.4 Å². The number of hydrogen-bond donors (Lipinski definition) is 1. The van der Waals surface area contributed by atoms with Crippen molar-refractivity contribution in [3.05, 3.63) is 41.9 Å². The van der Waals surface area contributed by atoms with E-state index in [-0.39, 0.29) is 6.03 Å². The zero-order valence-electron chi connectivity index (χ0n) is 9.93. The zero-order valence-corrected chi connectivity index (χ0v) is 11.5. The molecule has 0 aliphatic carbocycles. The molecule has 2 rings (SSSR count). The first-order valence-electron chi connectivity index (χ1n) is 5.75. The molecule has 0 bridgehead atoms. The van der Waals surface area contributed by atoms with Crippen molar-refractivity contribution >= 4 is 29.4 Å². The molecule has 1 saturated heterocycles. The summed E-state index contributed by atoms with van der Waals surface area (Å²) in [4.78, 5) is 14.6. The molecule has 0 atom stereocenters. The lowest BCUT2D eigenvalue weighted by molar-refractivity contribution is 0.172. The molecule has 1 heterocycles. The first kappa shape index (κ1) is 13.3. The number of likely N-dealkylation sites (tertiary alicyclic amines) is 1. The minimum atomic E-state index is -0.0112. The maximum Gasteiger partial charge on any atom is 0.317 e. The fraction of sp³-hybridized carbons (Fsp3) is 0.308. The Balaban J connectivity index is 1.74. The highest BCUT2D eigenvalue weighted by atomic mass is 35.5. The first-order chi connectivity index (χ1) is 8.69. The van der Waals surface area contributed by atoms with Gasteiger partial charge in [-0.1, -0.05) is 17.7 Å². The van der Waals surface area contributed by atoms with Crippen LogP contribution in [-0.2, 0) is 0 Å². The van der Waals surface area contributed by atoms with Gasteiger partial charge in [0.05, 0.1) is 0 Å². The summed E-state index contributed by atoms with van der Waals surface area (Å²) >= 11 is 7.61. The third-order valence-corrected chi connectivity index (χ3v) is 4.08. The van der Waals surface area contributed by atoms with Gasteiger partial charge in [0.15, 0.2) is 0 Å². The summed E-state index contributed by atoms with van der Waals surface area (Å²) in [5, 5.41) is 3.99. The highest BCUT2D eigenvalue weighted by Crippen LogP contribution is 2.30. The van der Waals surface area contributed by atoms with Crippen molar-refractivity contribution in [3.8, 4) is 0 Å². The van der Waals surface area contributed by atoms with Gasteiger partial charge in [0.25, 0.3) is 0 Å². The van der Waals surface area contributed by atoms with Crippen LogP contribution < -0.4 is 5.32 Å². The highest BCUT2D eigenvalue weighted by Gasteiger charge is 2.30. The maximum atomic E-state index is 11.6. The van der Waals surface area contributed by atoms with E-state index < -0.39 is 0 Å². The van der Waals surface area contributed by atoms with Gasteiger partial charge in [-0.05, 0) is 24.3 Å². The van der Waals surface area contributed by atoms with E-state index in [1.807, 2.05) is 24.3 Å². The molecular weight excluding hydrogens is 268 g/mol. The first-order valence-corrected chi connectivity index (χ1v) is 7.00. The highest BCUT2D eigenvalue weighted by molar-refractivity contribution is 8.00. The van der Waals surface area contributed by atoms with E-state index in [1.54, 1.807) is 22.7 Å². The van der Waals surface area contributed by atoms with Crippen molar-refractivity contribution in [1.82, 2.24) is 10.2 Å². The van der Waals surface area contributed by atoms with Gasteiger partial charge >= 0.3 is 6.03 Å². The third kappa shape index (κ3) is 3.43. The fourth-order valence-electron chi connectivity index (χ4n) is 1.66. The number of carbonyl (C=O) groups is 1. The predicted octanol–water partition coefficient (Wildman–Crippen LogP) is 3.01. The summed E-state index contributed by atoms with van der Waals surface area (Å²) in [5.74, 6) is 0. The summed E-state index contributed by atoms with van der Waals surface area (Å²) in [7, 11) is 0. The van der Waals surface area contributed by atoms with Crippen molar-refractivity contribution in [1.29, 1.82) is 0 Å². The van der Waals surface area contributed by atoms with Crippen LogP contribution in [0.2, 0.25) is 5.02 Å². The molecule has 3 nitrogen and oxygen atoms in total. The largest absolute Gasteiger partial charge is 0.335 e. The van der Waals surface area contributed by atoms with Crippen LogP contribution in [0.1, 0.15) is 0 Å². The lowest BCUT2D eigenvalue weighted by atomic mass is 10.2. The smallest absolute Gasteiger partial charge is 0.317 e. The summed E-state index contributed by atoms with van der Waals surface area (Å²) in [5.41, 5.74) is 0. The molecule has 1 aliphatic heterocycles. The molecule has 1 fully saturated rings. The molecule has 1 aliphatic rings. The Bertz CT molecular complexity index is 429. The Morgan fingerprint density at radius 2 is 2.17 bits per heavy atom. The van der Waals surface area contributed by atoms with Crippen LogP contribution in [0, 0.1) is 0 Å². The Kier molecular flexibility index (Phi) is 4.55. The van der Waals surface area contributed by atoms with E-state index in [1.165, 1.54) is 4.90 Å². The topological polar surface area (TPSA) is 32.3 Å². The van der Waals surface area contributed by atoms with Crippen molar-refractivity contribution in [2.24, 2.45) is 0 Å². The van der Waals surface area contributed by atoms with E-state index in [0.29, 0.717) is 11.8 Å². The molecular formula is C13H15ClN2OS. The molecule has 2 amide bonds. The third-order valence-electron chi connectivity index (χ3n) is 2.65. The van der Waals surface area contributed by atoms with Crippen LogP contribution in [0.3, 0.4) is 0 Å². The molecule has 0 unspecified atom stereocenters. The van der Waals surface area contributed by atoms with Crippen molar-refractivity contribution in [2.75, 3.05) is 19.6 Å². The van der Waals surface area contributed by atoms with Crippen molar-refractivity contribution in [2.45, 2.75) is 10.1 Å². The van der Waals surface area contributed by atoms with Gasteiger partial charge < -0.3 is 10.2 Å². The number of rotatable bonds is 4. The van der Waals surface area contributed by atoms with Gasteiger partial charge in [-0.25, -0.2) is 4.79 Å². The number of hydrogen-bond acceptors (Lipinski definition) is 2. The minimum absolute atomic E-state index is 0.0112. The van der Waals surface area contributed by atoms with E-state index >= 15 is 0 Å². The average Bonchev–Trinajstić information content (AvgIpc) is 2.32.